The number of hydrogen-bond acceptors (Lipinski definition) is 13. The van der Waals surface area contributed by atoms with Crippen molar-refractivity contribution in [2.75, 3.05) is 19.8 Å². The Balaban J connectivity index is 1.70. The van der Waals surface area contributed by atoms with Crippen molar-refractivity contribution >= 4 is 5.91 Å². The van der Waals surface area contributed by atoms with Crippen LogP contribution in [0.4, 0.5) is 0 Å². The summed E-state index contributed by atoms with van der Waals surface area (Å²) in [5.74, 6) is -0.265. The second kappa shape index (κ2) is 57.1. The first kappa shape index (κ1) is 80.2. The molecule has 88 heavy (non-hydrogen) atoms. The molecular formula is C74H123NO13. The zero-order valence-corrected chi connectivity index (χ0v) is 54.4. The minimum Gasteiger partial charge on any atom is -0.394 e. The number of nitrogens with one attached hydrogen (secondary N) is 1. The predicted octanol–water partition coefficient (Wildman–Crippen LogP) is 13.9. The number of aliphatic hydroxyl groups is 8. The zero-order valence-electron chi connectivity index (χ0n) is 54.4. The van der Waals surface area contributed by atoms with Crippen molar-refractivity contribution in [3.63, 3.8) is 0 Å². The van der Waals surface area contributed by atoms with Gasteiger partial charge < -0.3 is 65.1 Å². The lowest BCUT2D eigenvalue weighted by Crippen LogP contribution is -2.65. The normalized spacial score (nSPS) is 24.0. The summed E-state index contributed by atoms with van der Waals surface area (Å²) >= 11 is 0. The van der Waals surface area contributed by atoms with Crippen LogP contribution in [0, 0.1) is 0 Å². The van der Waals surface area contributed by atoms with Gasteiger partial charge in [-0.05, 0) is 103 Å². The van der Waals surface area contributed by atoms with Crippen LogP contribution in [0.5, 0.6) is 0 Å². The summed E-state index contributed by atoms with van der Waals surface area (Å²) in [4.78, 5) is 13.3. The highest BCUT2D eigenvalue weighted by Gasteiger charge is 2.51. The molecule has 12 unspecified atom stereocenters. The molecule has 1 amide bonds. The molecule has 0 saturated carbocycles. The second-order valence-electron chi connectivity index (χ2n) is 23.6. The summed E-state index contributed by atoms with van der Waals surface area (Å²) in [6, 6.07) is -0.948. The molecule has 0 radical (unpaired) electrons. The lowest BCUT2D eigenvalue weighted by molar-refractivity contribution is -0.359. The van der Waals surface area contributed by atoms with Crippen molar-refractivity contribution in [1.82, 2.24) is 5.32 Å². The highest BCUT2D eigenvalue weighted by molar-refractivity contribution is 5.76. The standard InChI is InChI=1S/C74H123NO13/c1-3-5-7-9-11-13-15-17-19-21-23-24-25-26-27-28-29-30-31-32-33-34-35-36-37-38-40-42-44-46-48-50-52-54-56-58-66(79)75-62(63(78)57-55-53-51-49-47-45-43-41-39-22-20-18-16-14-12-10-8-6-4-2)61-85-73-71(84)69(82)72(65(60-77)87-73)88-74-70(83)68(81)67(80)64(59-76)86-74/h5,7,11,13,17,19,23-24,26-27,29-30,32-33,35-36,38,40,47,49,55,57,62-65,67-74,76-78,80-84H,3-4,6,8-10,12,14-16,18,20-22,25,28,31,34,37,39,41-46,48,50-54,56,58-61H2,1-2H3,(H,75,79)/b7-5-,13-11-,19-17-,24-23-,27-26-,30-29-,33-32-,36-35-,40-38-,49-47+,57-55+. The van der Waals surface area contributed by atoms with Gasteiger partial charge in [-0.15, -0.1) is 0 Å². The Morgan fingerprint density at radius 2 is 0.795 bits per heavy atom. The highest BCUT2D eigenvalue weighted by atomic mass is 16.7. The molecule has 0 aromatic rings. The van der Waals surface area contributed by atoms with Gasteiger partial charge in [0.15, 0.2) is 12.6 Å². The smallest absolute Gasteiger partial charge is 0.220 e. The number of carbonyl (C=O) groups is 1. The van der Waals surface area contributed by atoms with E-state index in [0.29, 0.717) is 12.8 Å². The highest BCUT2D eigenvalue weighted by Crippen LogP contribution is 2.30. The van der Waals surface area contributed by atoms with Crippen LogP contribution in [0.25, 0.3) is 0 Å². The van der Waals surface area contributed by atoms with Gasteiger partial charge in [0, 0.05) is 6.42 Å². The van der Waals surface area contributed by atoms with Gasteiger partial charge in [-0.1, -0.05) is 257 Å². The van der Waals surface area contributed by atoms with E-state index in [9.17, 15) is 45.6 Å². The van der Waals surface area contributed by atoms with Gasteiger partial charge in [0.05, 0.1) is 32.0 Å². The molecule has 2 saturated heterocycles. The molecule has 0 aromatic carbocycles. The lowest BCUT2D eigenvalue weighted by Gasteiger charge is -2.46. The van der Waals surface area contributed by atoms with Gasteiger partial charge in [-0.25, -0.2) is 0 Å². The van der Waals surface area contributed by atoms with Crippen LogP contribution in [0.2, 0.25) is 0 Å². The van der Waals surface area contributed by atoms with Gasteiger partial charge in [-0.3, -0.25) is 4.79 Å². The van der Waals surface area contributed by atoms with E-state index in [1.165, 1.54) is 83.5 Å². The van der Waals surface area contributed by atoms with Gasteiger partial charge in [-0.2, -0.15) is 0 Å². The molecular weight excluding hydrogens is 1110 g/mol. The van der Waals surface area contributed by atoms with Gasteiger partial charge in [0.25, 0.3) is 0 Å². The molecule has 12 atom stereocenters. The van der Waals surface area contributed by atoms with E-state index in [1.807, 2.05) is 6.08 Å². The number of carbonyl (C=O) groups excluding carboxylic acids is 1. The summed E-state index contributed by atoms with van der Waals surface area (Å²) in [6.45, 7) is 2.66. The fourth-order valence-corrected chi connectivity index (χ4v) is 10.4. The summed E-state index contributed by atoms with van der Waals surface area (Å²) in [5.41, 5.74) is 0. The fraction of sp³-hybridized carbons (Fsp3) is 0.689. The van der Waals surface area contributed by atoms with Crippen LogP contribution in [0.3, 0.4) is 0 Å². The average Bonchev–Trinajstić information content (AvgIpc) is 1.84. The van der Waals surface area contributed by atoms with E-state index in [-0.39, 0.29) is 18.9 Å². The van der Waals surface area contributed by atoms with Crippen LogP contribution < -0.4 is 5.32 Å². The topological polar surface area (TPSA) is 228 Å². The number of allylic oxidation sites excluding steroid dienone is 21. The number of hydrogen-bond donors (Lipinski definition) is 9. The van der Waals surface area contributed by atoms with Gasteiger partial charge in [0.1, 0.15) is 48.8 Å². The van der Waals surface area contributed by atoms with Crippen LogP contribution in [0.15, 0.2) is 134 Å². The summed E-state index contributed by atoms with van der Waals surface area (Å²) in [5, 5.41) is 87.3. The molecule has 0 bridgehead atoms. The molecule has 0 spiro atoms. The Bertz CT molecular complexity index is 1990. The third-order valence-electron chi connectivity index (χ3n) is 15.8. The monoisotopic (exact) mass is 1230 g/mol. The third kappa shape index (κ3) is 40.8. The summed E-state index contributed by atoms with van der Waals surface area (Å²) in [7, 11) is 0. The Labute approximate surface area is 532 Å². The maximum Gasteiger partial charge on any atom is 0.220 e. The molecule has 9 N–H and O–H groups in total. The maximum absolute atomic E-state index is 13.3. The van der Waals surface area contributed by atoms with E-state index in [0.717, 1.165) is 116 Å². The van der Waals surface area contributed by atoms with Crippen molar-refractivity contribution in [3.05, 3.63) is 134 Å². The van der Waals surface area contributed by atoms with Crippen molar-refractivity contribution in [2.45, 2.75) is 306 Å². The summed E-state index contributed by atoms with van der Waals surface area (Å²) in [6.07, 6.45) is 67.8. The molecule has 2 heterocycles. The Hall–Kier alpha value is -3.87. The number of rotatable bonds is 54. The Morgan fingerprint density at radius 3 is 1.25 bits per heavy atom. The Kier molecular flexibility index (Phi) is 52.0. The van der Waals surface area contributed by atoms with Crippen molar-refractivity contribution < 1.29 is 64.6 Å². The summed E-state index contributed by atoms with van der Waals surface area (Å²) < 4.78 is 22.8. The molecule has 2 aliphatic heterocycles. The molecule has 502 valence electrons. The van der Waals surface area contributed by atoms with Crippen LogP contribution in [-0.4, -0.2) is 140 Å². The third-order valence-corrected chi connectivity index (χ3v) is 15.8. The minimum absolute atomic E-state index is 0.252. The molecule has 14 nitrogen and oxygen atoms in total. The molecule has 2 fully saturated rings. The predicted molar refractivity (Wildman–Crippen MR) is 359 cm³/mol. The molecule has 2 rings (SSSR count). The first-order valence-electron chi connectivity index (χ1n) is 34.4. The van der Waals surface area contributed by atoms with Crippen molar-refractivity contribution in [3.8, 4) is 0 Å². The minimum atomic E-state index is -1.80. The van der Waals surface area contributed by atoms with E-state index in [4.69, 9.17) is 18.9 Å². The lowest BCUT2D eigenvalue weighted by atomic mass is 9.97. The van der Waals surface area contributed by atoms with Crippen molar-refractivity contribution in [2.24, 2.45) is 0 Å². The number of unbranched alkanes of at least 4 members (excludes halogenated alkanes) is 21. The van der Waals surface area contributed by atoms with E-state index < -0.39 is 86.8 Å². The molecule has 2 aliphatic rings. The van der Waals surface area contributed by atoms with Crippen LogP contribution in [0.1, 0.15) is 232 Å². The number of aliphatic hydroxyl groups excluding tert-OH is 8. The quantitative estimate of drug-likeness (QED) is 0.0204. The van der Waals surface area contributed by atoms with Gasteiger partial charge >= 0.3 is 0 Å². The molecule has 14 heteroatoms. The number of amides is 1. The average molecular weight is 1230 g/mol. The first-order valence-corrected chi connectivity index (χ1v) is 34.4. The van der Waals surface area contributed by atoms with Gasteiger partial charge in [0.2, 0.25) is 5.91 Å². The zero-order chi connectivity index (χ0) is 63.8. The van der Waals surface area contributed by atoms with Crippen LogP contribution >= 0.6 is 0 Å². The SMILES string of the molecule is CC/C=C\C/C=C\C/C=C\C/C=C\C/C=C\C/C=C\C/C=C\C/C=C\C/C=C\CCCCCCCCCC(=O)NC(COC1OC(CO)C(OC2OC(CO)C(O)C(O)C2O)C(O)C1O)C(O)/C=C/CC/C=C/CCCCCCCCCCCCCCC. The fourth-order valence-electron chi connectivity index (χ4n) is 10.4. The Morgan fingerprint density at radius 1 is 0.420 bits per heavy atom. The number of ether oxygens (including phenoxy) is 4. The maximum atomic E-state index is 13.3. The van der Waals surface area contributed by atoms with Crippen molar-refractivity contribution in [1.29, 1.82) is 0 Å². The molecule has 0 aliphatic carbocycles. The largest absolute Gasteiger partial charge is 0.394 e. The van der Waals surface area contributed by atoms with E-state index in [2.05, 4.69) is 141 Å². The van der Waals surface area contributed by atoms with E-state index >= 15 is 0 Å². The first-order chi connectivity index (χ1) is 43.1. The van der Waals surface area contributed by atoms with E-state index in [1.54, 1.807) is 6.08 Å². The molecule has 0 aromatic heterocycles. The van der Waals surface area contributed by atoms with Crippen LogP contribution in [-0.2, 0) is 23.7 Å². The second-order valence-corrected chi connectivity index (χ2v) is 23.6.